The molecule has 5 rings (SSSR count). The molecule has 0 bridgehead atoms. The average Bonchev–Trinajstić information content (AvgIpc) is 2.79. The number of hydrogen-bond acceptors (Lipinski definition) is 5. The largest absolute Gasteiger partial charge is 0.340 e. The van der Waals surface area contributed by atoms with E-state index in [4.69, 9.17) is 9.97 Å². The van der Waals surface area contributed by atoms with Crippen molar-refractivity contribution in [2.75, 3.05) is 11.9 Å². The Balaban J connectivity index is 1.48. The summed E-state index contributed by atoms with van der Waals surface area (Å²) >= 11 is 0. The maximum atomic E-state index is 13.7. The summed E-state index contributed by atoms with van der Waals surface area (Å²) in [6, 6.07) is 12.9. The maximum Gasteiger partial charge on any atom is 0.135 e. The predicted octanol–water partition coefficient (Wildman–Crippen LogP) is 5.06. The van der Waals surface area contributed by atoms with Gasteiger partial charge in [-0.15, -0.1) is 0 Å². The minimum Gasteiger partial charge on any atom is -0.340 e. The fourth-order valence-electron chi connectivity index (χ4n) is 4.79. The van der Waals surface area contributed by atoms with Crippen LogP contribution in [0.1, 0.15) is 43.8 Å². The molecule has 6 heteroatoms. The fraction of sp³-hybridized carbons (Fsp3) is 0.375. The van der Waals surface area contributed by atoms with E-state index in [1.54, 1.807) is 12.3 Å². The van der Waals surface area contributed by atoms with Crippen molar-refractivity contribution in [1.29, 1.82) is 0 Å². The quantitative estimate of drug-likeness (QED) is 0.638. The second-order valence-electron chi connectivity index (χ2n) is 8.37. The van der Waals surface area contributed by atoms with Gasteiger partial charge in [0.25, 0.3) is 0 Å². The Kier molecular flexibility index (Phi) is 5.41. The second kappa shape index (κ2) is 8.48. The number of nitrogens with one attached hydrogen (secondary N) is 2. The Hall–Kier alpha value is -2.86. The smallest absolute Gasteiger partial charge is 0.135 e. The number of anilines is 2. The molecule has 2 N–H and O–H groups in total. The summed E-state index contributed by atoms with van der Waals surface area (Å²) in [5, 5.41) is 7.00. The standard InChI is InChI=1S/C24H26FN5/c25-19-7-3-8-20(12-19)28-23-13-22(17-6-4-10-26-14-17)29-24(30-23)18-11-16-5-1-2-9-21(16)27-15-18/h3-4,6-8,10,12-14,16,18,21,27H,1-2,5,9,11,15H2,(H,28,29,30). The number of benzene rings is 1. The number of halogens is 1. The summed E-state index contributed by atoms with van der Waals surface area (Å²) < 4.78 is 13.7. The molecule has 0 spiro atoms. The molecule has 2 aliphatic rings. The van der Waals surface area contributed by atoms with Gasteiger partial charge in [0.1, 0.15) is 17.5 Å². The van der Waals surface area contributed by atoms with Crippen LogP contribution in [0, 0.1) is 11.7 Å². The molecule has 30 heavy (non-hydrogen) atoms. The van der Waals surface area contributed by atoms with Crippen molar-refractivity contribution in [3.8, 4) is 11.3 Å². The van der Waals surface area contributed by atoms with Crippen LogP contribution in [-0.2, 0) is 0 Å². The van der Waals surface area contributed by atoms with Crippen LogP contribution in [0.2, 0.25) is 0 Å². The van der Waals surface area contributed by atoms with E-state index in [-0.39, 0.29) is 11.7 Å². The lowest BCUT2D eigenvalue weighted by molar-refractivity contribution is 0.192. The number of fused-ring (bicyclic) bond motifs is 1. The van der Waals surface area contributed by atoms with Crippen molar-refractivity contribution < 1.29 is 4.39 Å². The third kappa shape index (κ3) is 4.19. The fourth-order valence-corrected chi connectivity index (χ4v) is 4.79. The lowest BCUT2D eigenvalue weighted by Gasteiger charge is -2.39. The van der Waals surface area contributed by atoms with Gasteiger partial charge in [0, 0.05) is 48.2 Å². The Labute approximate surface area is 176 Å². The minimum atomic E-state index is -0.276. The Morgan fingerprint density at radius 1 is 1.03 bits per heavy atom. The molecule has 2 aromatic heterocycles. The van der Waals surface area contributed by atoms with Gasteiger partial charge in [-0.2, -0.15) is 0 Å². The number of hydrogen-bond donors (Lipinski definition) is 2. The lowest BCUT2D eigenvalue weighted by Crippen LogP contribution is -2.46. The van der Waals surface area contributed by atoms with Gasteiger partial charge in [-0.1, -0.05) is 18.9 Å². The molecule has 3 heterocycles. The van der Waals surface area contributed by atoms with E-state index in [1.165, 1.54) is 37.8 Å². The summed E-state index contributed by atoms with van der Waals surface area (Å²) in [5.74, 6) is 2.21. The maximum absolute atomic E-state index is 13.7. The zero-order valence-electron chi connectivity index (χ0n) is 16.9. The van der Waals surface area contributed by atoms with E-state index in [9.17, 15) is 4.39 Å². The minimum absolute atomic E-state index is 0.272. The van der Waals surface area contributed by atoms with Crippen LogP contribution < -0.4 is 10.6 Å². The summed E-state index contributed by atoms with van der Waals surface area (Å²) in [4.78, 5) is 14.0. The van der Waals surface area contributed by atoms with Crippen LogP contribution in [0.25, 0.3) is 11.3 Å². The highest BCUT2D eigenvalue weighted by molar-refractivity contribution is 5.65. The molecule has 1 aromatic carbocycles. The van der Waals surface area contributed by atoms with Gasteiger partial charge in [0.2, 0.25) is 0 Å². The van der Waals surface area contributed by atoms with Crippen molar-refractivity contribution in [3.63, 3.8) is 0 Å². The molecular formula is C24H26FN5. The van der Waals surface area contributed by atoms with E-state index in [0.29, 0.717) is 23.5 Å². The van der Waals surface area contributed by atoms with Crippen LogP contribution in [0.3, 0.4) is 0 Å². The van der Waals surface area contributed by atoms with Gasteiger partial charge in [-0.25, -0.2) is 14.4 Å². The van der Waals surface area contributed by atoms with Gasteiger partial charge in [0.05, 0.1) is 5.69 Å². The van der Waals surface area contributed by atoms with Gasteiger partial charge < -0.3 is 10.6 Å². The van der Waals surface area contributed by atoms with Crippen molar-refractivity contribution >= 4 is 11.5 Å². The summed E-state index contributed by atoms with van der Waals surface area (Å²) in [7, 11) is 0. The third-order valence-corrected chi connectivity index (χ3v) is 6.29. The number of rotatable bonds is 4. The van der Waals surface area contributed by atoms with E-state index >= 15 is 0 Å². The van der Waals surface area contributed by atoms with Crippen molar-refractivity contribution in [1.82, 2.24) is 20.3 Å². The SMILES string of the molecule is Fc1cccc(Nc2cc(-c3cccnc3)nc(C3CNC4CCCCC4C3)n2)c1. The number of pyridine rings is 1. The molecule has 3 aromatic rings. The summed E-state index contributed by atoms with van der Waals surface area (Å²) in [6.07, 6.45) is 9.89. The monoisotopic (exact) mass is 403 g/mol. The van der Waals surface area contributed by atoms with E-state index in [0.717, 1.165) is 30.0 Å². The van der Waals surface area contributed by atoms with Crippen LogP contribution in [0.15, 0.2) is 54.9 Å². The molecule has 0 radical (unpaired) electrons. The average molecular weight is 404 g/mol. The second-order valence-corrected chi connectivity index (χ2v) is 8.37. The molecule has 3 unspecified atom stereocenters. The molecule has 0 amide bonds. The Bertz CT molecular complexity index is 1010. The highest BCUT2D eigenvalue weighted by atomic mass is 19.1. The molecule has 3 atom stereocenters. The number of nitrogens with zero attached hydrogens (tertiary/aromatic N) is 3. The van der Waals surface area contributed by atoms with E-state index in [1.807, 2.05) is 30.5 Å². The number of aromatic nitrogens is 3. The van der Waals surface area contributed by atoms with Crippen LogP contribution >= 0.6 is 0 Å². The highest BCUT2D eigenvalue weighted by Crippen LogP contribution is 2.36. The van der Waals surface area contributed by atoms with Crippen molar-refractivity contribution in [2.45, 2.75) is 44.1 Å². The van der Waals surface area contributed by atoms with E-state index in [2.05, 4.69) is 15.6 Å². The summed E-state index contributed by atoms with van der Waals surface area (Å²) in [6.45, 7) is 0.900. The van der Waals surface area contributed by atoms with Crippen LogP contribution in [0.5, 0.6) is 0 Å². The Morgan fingerprint density at radius 3 is 2.83 bits per heavy atom. The number of piperidine rings is 1. The summed E-state index contributed by atoms with van der Waals surface area (Å²) in [5.41, 5.74) is 2.45. The topological polar surface area (TPSA) is 62.7 Å². The van der Waals surface area contributed by atoms with Crippen LogP contribution in [-0.4, -0.2) is 27.5 Å². The first-order valence-electron chi connectivity index (χ1n) is 10.8. The normalized spacial score (nSPS) is 23.6. The van der Waals surface area contributed by atoms with Gasteiger partial charge >= 0.3 is 0 Å². The van der Waals surface area contributed by atoms with Crippen molar-refractivity contribution in [3.05, 3.63) is 66.5 Å². The van der Waals surface area contributed by atoms with Crippen LogP contribution in [0.4, 0.5) is 15.9 Å². The zero-order valence-corrected chi connectivity index (χ0v) is 16.9. The molecule has 1 aliphatic heterocycles. The molecule has 154 valence electrons. The van der Waals surface area contributed by atoms with Gasteiger partial charge in [-0.3, -0.25) is 4.98 Å². The first-order chi connectivity index (χ1) is 14.7. The van der Waals surface area contributed by atoms with Gasteiger partial charge in [-0.05, 0) is 55.5 Å². The molecule has 1 aliphatic carbocycles. The van der Waals surface area contributed by atoms with Crippen molar-refractivity contribution in [2.24, 2.45) is 5.92 Å². The third-order valence-electron chi connectivity index (χ3n) is 6.29. The zero-order chi connectivity index (χ0) is 20.3. The predicted molar refractivity (Wildman–Crippen MR) is 116 cm³/mol. The first kappa shape index (κ1) is 19.1. The van der Waals surface area contributed by atoms with E-state index < -0.39 is 0 Å². The molecule has 1 saturated heterocycles. The molecule has 5 nitrogen and oxygen atoms in total. The molecule has 2 fully saturated rings. The molecule has 1 saturated carbocycles. The Morgan fingerprint density at radius 2 is 1.97 bits per heavy atom. The highest BCUT2D eigenvalue weighted by Gasteiger charge is 2.33. The lowest BCUT2D eigenvalue weighted by atomic mass is 9.76. The van der Waals surface area contributed by atoms with Gasteiger partial charge in [0.15, 0.2) is 0 Å². The first-order valence-corrected chi connectivity index (χ1v) is 10.8. The molecular weight excluding hydrogens is 377 g/mol.